The average Bonchev–Trinajstić information content (AvgIpc) is 2.78. The van der Waals surface area contributed by atoms with E-state index in [2.05, 4.69) is 27.7 Å². The smallest absolute Gasteiger partial charge is 0.141 e. The molecule has 3 rings (SSSR count). The van der Waals surface area contributed by atoms with E-state index in [4.69, 9.17) is 4.74 Å². The zero-order valence-electron chi connectivity index (χ0n) is 15.5. The van der Waals surface area contributed by atoms with Crippen LogP contribution >= 0.6 is 0 Å². The van der Waals surface area contributed by atoms with E-state index in [-0.39, 0.29) is 23.4 Å². The summed E-state index contributed by atoms with van der Waals surface area (Å²) in [6.45, 7) is 10.9. The van der Waals surface area contributed by atoms with Crippen LogP contribution in [-0.4, -0.2) is 29.2 Å². The molecule has 0 radical (unpaired) electrons. The van der Waals surface area contributed by atoms with Crippen molar-refractivity contribution in [3.63, 3.8) is 0 Å². The number of aliphatic hydroxyl groups is 1. The molecule has 1 N–H and O–H groups in total. The predicted molar refractivity (Wildman–Crippen MR) is 91.1 cm³/mol. The minimum Gasteiger partial charge on any atom is -0.395 e. The molecule has 0 saturated heterocycles. The van der Waals surface area contributed by atoms with Gasteiger partial charge in [-0.15, -0.1) is 0 Å². The number of carbonyl (C=O) groups is 1. The van der Waals surface area contributed by atoms with Crippen LogP contribution < -0.4 is 0 Å². The van der Waals surface area contributed by atoms with Crippen molar-refractivity contribution < 1.29 is 14.6 Å². The van der Waals surface area contributed by atoms with Crippen molar-refractivity contribution in [1.82, 2.24) is 0 Å². The molecule has 0 aromatic rings. The van der Waals surface area contributed by atoms with Gasteiger partial charge in [0, 0.05) is 6.42 Å². The first-order chi connectivity index (χ1) is 10.6. The summed E-state index contributed by atoms with van der Waals surface area (Å²) in [4.78, 5) is 12.4. The van der Waals surface area contributed by atoms with Gasteiger partial charge in [-0.05, 0) is 76.0 Å². The van der Waals surface area contributed by atoms with Crippen LogP contribution in [0.25, 0.3) is 0 Å². The fraction of sp³-hybridized carbons (Fsp3) is 0.950. The SMILES string of the molecule is CC(C)(C)O[C@H]1CC[C@H]2[C@@H]3CCC(=O)[C@](C)(CO)[C@H]3CC[C@]12C. The summed E-state index contributed by atoms with van der Waals surface area (Å²) in [5.74, 6) is 1.87. The molecule has 3 fully saturated rings. The van der Waals surface area contributed by atoms with Gasteiger partial charge in [0.15, 0.2) is 0 Å². The van der Waals surface area contributed by atoms with Crippen LogP contribution in [0.5, 0.6) is 0 Å². The third-order valence-electron chi connectivity index (χ3n) is 7.33. The topological polar surface area (TPSA) is 46.5 Å². The van der Waals surface area contributed by atoms with Crippen LogP contribution in [0.2, 0.25) is 0 Å². The zero-order valence-corrected chi connectivity index (χ0v) is 15.5. The standard InChI is InChI=1S/C20H34O3/c1-18(2,3)23-17-9-7-14-13-6-8-16(22)20(5,12-21)15(13)10-11-19(14,17)4/h13-15,17,21H,6-12H2,1-5H3/t13-,14-,15-,17-,19-,20+/m0/s1. The minimum atomic E-state index is -0.507. The monoisotopic (exact) mass is 322 g/mol. The molecule has 3 nitrogen and oxygen atoms in total. The largest absolute Gasteiger partial charge is 0.395 e. The number of ketones is 1. The number of hydrogen-bond donors (Lipinski definition) is 1. The Bertz CT molecular complexity index is 480. The van der Waals surface area contributed by atoms with Crippen LogP contribution in [-0.2, 0) is 9.53 Å². The lowest BCUT2D eigenvalue weighted by Gasteiger charge is -2.55. The third-order valence-corrected chi connectivity index (χ3v) is 7.33. The Balaban J connectivity index is 1.85. The highest BCUT2D eigenvalue weighted by Gasteiger charge is 2.60. The Morgan fingerprint density at radius 1 is 1.13 bits per heavy atom. The minimum absolute atomic E-state index is 0.0123. The van der Waals surface area contributed by atoms with E-state index in [0.717, 1.165) is 25.7 Å². The molecule has 0 unspecified atom stereocenters. The van der Waals surface area contributed by atoms with Crippen LogP contribution in [0.1, 0.15) is 73.1 Å². The molecule has 132 valence electrons. The Morgan fingerprint density at radius 3 is 2.43 bits per heavy atom. The Labute approximate surface area is 141 Å². The molecule has 3 saturated carbocycles. The molecule has 3 heteroatoms. The summed E-state index contributed by atoms with van der Waals surface area (Å²) in [6.07, 6.45) is 6.55. The molecule has 3 aliphatic carbocycles. The molecule has 6 atom stereocenters. The van der Waals surface area contributed by atoms with Crippen molar-refractivity contribution in [2.24, 2.45) is 28.6 Å². The zero-order chi connectivity index (χ0) is 17.0. The van der Waals surface area contributed by atoms with Crippen molar-refractivity contribution in [2.45, 2.75) is 84.8 Å². The first-order valence-corrected chi connectivity index (χ1v) is 9.44. The van der Waals surface area contributed by atoms with Crippen LogP contribution in [0.3, 0.4) is 0 Å². The molecule has 0 amide bonds. The van der Waals surface area contributed by atoms with Crippen LogP contribution in [0.4, 0.5) is 0 Å². The summed E-state index contributed by atoms with van der Waals surface area (Å²) in [5, 5.41) is 9.92. The highest BCUT2D eigenvalue weighted by Crippen LogP contribution is 2.62. The van der Waals surface area contributed by atoms with Gasteiger partial charge in [-0.25, -0.2) is 0 Å². The predicted octanol–water partition coefficient (Wildman–Crippen LogP) is 3.97. The van der Waals surface area contributed by atoms with E-state index >= 15 is 0 Å². The lowest BCUT2D eigenvalue weighted by molar-refractivity contribution is -0.160. The number of aliphatic hydroxyl groups excluding tert-OH is 1. The number of rotatable bonds is 2. The highest BCUT2D eigenvalue weighted by atomic mass is 16.5. The Morgan fingerprint density at radius 2 is 1.83 bits per heavy atom. The second kappa shape index (κ2) is 5.56. The van der Waals surface area contributed by atoms with E-state index in [1.807, 2.05) is 6.92 Å². The number of carbonyl (C=O) groups excluding carboxylic acids is 1. The number of ether oxygens (including phenoxy) is 1. The van der Waals surface area contributed by atoms with Gasteiger partial charge in [-0.1, -0.05) is 13.8 Å². The van der Waals surface area contributed by atoms with Crippen molar-refractivity contribution >= 4 is 5.78 Å². The van der Waals surface area contributed by atoms with Gasteiger partial charge >= 0.3 is 0 Å². The van der Waals surface area contributed by atoms with E-state index in [9.17, 15) is 9.90 Å². The summed E-state index contributed by atoms with van der Waals surface area (Å²) >= 11 is 0. The van der Waals surface area contributed by atoms with Gasteiger partial charge in [-0.3, -0.25) is 4.79 Å². The van der Waals surface area contributed by atoms with Gasteiger partial charge in [0.1, 0.15) is 5.78 Å². The Kier molecular flexibility index (Phi) is 4.21. The molecule has 0 aromatic carbocycles. The van der Waals surface area contributed by atoms with E-state index in [1.165, 1.54) is 6.42 Å². The fourth-order valence-electron chi connectivity index (χ4n) is 6.05. The fourth-order valence-corrected chi connectivity index (χ4v) is 6.05. The normalized spacial score (nSPS) is 47.3. The molecular formula is C20H34O3. The number of hydrogen-bond acceptors (Lipinski definition) is 3. The molecule has 0 bridgehead atoms. The molecule has 0 spiro atoms. The molecule has 23 heavy (non-hydrogen) atoms. The maximum absolute atomic E-state index is 12.4. The number of Topliss-reactive ketones (excluding diaryl/α,β-unsaturated/α-hetero) is 1. The van der Waals surface area contributed by atoms with Gasteiger partial charge < -0.3 is 9.84 Å². The highest BCUT2D eigenvalue weighted by molar-refractivity contribution is 5.85. The average molecular weight is 322 g/mol. The van der Waals surface area contributed by atoms with Crippen molar-refractivity contribution in [1.29, 1.82) is 0 Å². The second-order valence-electron chi connectivity index (χ2n) is 9.75. The van der Waals surface area contributed by atoms with Gasteiger partial charge in [0.05, 0.1) is 23.7 Å². The van der Waals surface area contributed by atoms with Gasteiger partial charge in [0.2, 0.25) is 0 Å². The van der Waals surface area contributed by atoms with Crippen LogP contribution in [0, 0.1) is 28.6 Å². The van der Waals surface area contributed by atoms with Crippen LogP contribution in [0.15, 0.2) is 0 Å². The third kappa shape index (κ3) is 2.68. The van der Waals surface area contributed by atoms with Crippen molar-refractivity contribution in [2.75, 3.05) is 6.61 Å². The van der Waals surface area contributed by atoms with Gasteiger partial charge in [-0.2, -0.15) is 0 Å². The van der Waals surface area contributed by atoms with E-state index < -0.39 is 5.41 Å². The van der Waals surface area contributed by atoms with Crippen molar-refractivity contribution in [3.05, 3.63) is 0 Å². The summed E-state index contributed by atoms with van der Waals surface area (Å²) in [6, 6.07) is 0. The molecule has 3 aliphatic rings. The lowest BCUT2D eigenvalue weighted by atomic mass is 9.50. The Hall–Kier alpha value is -0.410. The molecule has 0 heterocycles. The van der Waals surface area contributed by atoms with E-state index in [1.54, 1.807) is 0 Å². The van der Waals surface area contributed by atoms with E-state index in [0.29, 0.717) is 30.3 Å². The summed E-state index contributed by atoms with van der Waals surface area (Å²) in [5.41, 5.74) is -0.361. The quantitative estimate of drug-likeness (QED) is 0.836. The first kappa shape index (κ1) is 17.4. The maximum Gasteiger partial charge on any atom is 0.141 e. The summed E-state index contributed by atoms with van der Waals surface area (Å²) < 4.78 is 6.43. The lowest BCUT2D eigenvalue weighted by Crippen LogP contribution is -2.54. The van der Waals surface area contributed by atoms with Gasteiger partial charge in [0.25, 0.3) is 0 Å². The van der Waals surface area contributed by atoms with Crippen molar-refractivity contribution in [3.8, 4) is 0 Å². The molecule has 0 aliphatic heterocycles. The first-order valence-electron chi connectivity index (χ1n) is 9.44. The summed E-state index contributed by atoms with van der Waals surface area (Å²) in [7, 11) is 0. The second-order valence-corrected chi connectivity index (χ2v) is 9.75. The maximum atomic E-state index is 12.4. The number of fused-ring (bicyclic) bond motifs is 3. The molecule has 0 aromatic heterocycles. The molecular weight excluding hydrogens is 288 g/mol.